The second-order valence-corrected chi connectivity index (χ2v) is 9.28. The molecule has 0 aliphatic carbocycles. The second-order valence-electron chi connectivity index (χ2n) is 6.48. The summed E-state index contributed by atoms with van der Waals surface area (Å²) in [6, 6.07) is 7.01. The van der Waals surface area contributed by atoms with E-state index in [1.165, 1.54) is 17.7 Å². The standard InChI is InChI=1S/C15H19N5O2S2/c1-15(2,3)11-4-6-12(7-5-11)24(21,22)17-9-8-13-19-20-10-16-18-14(20)23-13/h4-7,10,17H,8-9H2,1-3H3. The van der Waals surface area contributed by atoms with E-state index in [0.29, 0.717) is 11.4 Å². The van der Waals surface area contributed by atoms with Gasteiger partial charge in [-0.25, -0.2) is 13.1 Å². The lowest BCUT2D eigenvalue weighted by Crippen LogP contribution is -2.26. The van der Waals surface area contributed by atoms with E-state index in [2.05, 4.69) is 40.8 Å². The molecular weight excluding hydrogens is 346 g/mol. The Hall–Kier alpha value is -1.84. The molecule has 7 nitrogen and oxygen atoms in total. The van der Waals surface area contributed by atoms with Crippen molar-refractivity contribution in [2.24, 2.45) is 0 Å². The van der Waals surface area contributed by atoms with Gasteiger partial charge in [0.25, 0.3) is 0 Å². The Labute approximate surface area is 144 Å². The van der Waals surface area contributed by atoms with Crippen LogP contribution in [0.2, 0.25) is 0 Å². The maximum Gasteiger partial charge on any atom is 0.240 e. The number of benzene rings is 1. The Morgan fingerprint density at radius 1 is 1.21 bits per heavy atom. The van der Waals surface area contributed by atoms with Crippen molar-refractivity contribution in [3.8, 4) is 0 Å². The SMILES string of the molecule is CC(C)(C)c1ccc(S(=O)(=O)NCCc2nn3cnnc3s2)cc1. The summed E-state index contributed by atoms with van der Waals surface area (Å²) < 4.78 is 28.9. The molecule has 0 saturated carbocycles. The molecule has 0 saturated heterocycles. The van der Waals surface area contributed by atoms with Crippen molar-refractivity contribution in [2.45, 2.75) is 37.5 Å². The highest BCUT2D eigenvalue weighted by molar-refractivity contribution is 7.89. The maximum atomic E-state index is 12.3. The first-order valence-electron chi connectivity index (χ1n) is 7.52. The summed E-state index contributed by atoms with van der Waals surface area (Å²) in [6.07, 6.45) is 2.03. The predicted molar refractivity (Wildman–Crippen MR) is 92.7 cm³/mol. The zero-order valence-corrected chi connectivity index (χ0v) is 15.4. The average molecular weight is 365 g/mol. The molecule has 0 radical (unpaired) electrons. The lowest BCUT2D eigenvalue weighted by molar-refractivity contribution is 0.578. The largest absolute Gasteiger partial charge is 0.240 e. The summed E-state index contributed by atoms with van der Waals surface area (Å²) in [5.41, 5.74) is 1.09. The molecule has 128 valence electrons. The van der Waals surface area contributed by atoms with Gasteiger partial charge < -0.3 is 0 Å². The van der Waals surface area contributed by atoms with Crippen LogP contribution in [0.4, 0.5) is 0 Å². The van der Waals surface area contributed by atoms with E-state index in [0.717, 1.165) is 10.6 Å². The molecule has 9 heteroatoms. The zero-order chi connectivity index (χ0) is 17.4. The van der Waals surface area contributed by atoms with Crippen LogP contribution in [0.15, 0.2) is 35.5 Å². The molecule has 24 heavy (non-hydrogen) atoms. The Kier molecular flexibility index (Phi) is 4.41. The van der Waals surface area contributed by atoms with Crippen LogP contribution in [0.1, 0.15) is 31.3 Å². The first kappa shape index (κ1) is 17.0. The molecule has 0 spiro atoms. The van der Waals surface area contributed by atoms with Gasteiger partial charge in [-0.3, -0.25) is 0 Å². The fourth-order valence-corrected chi connectivity index (χ4v) is 4.06. The summed E-state index contributed by atoms with van der Waals surface area (Å²) in [5.74, 6) is 0. The lowest BCUT2D eigenvalue weighted by atomic mass is 9.87. The van der Waals surface area contributed by atoms with E-state index >= 15 is 0 Å². The van der Waals surface area contributed by atoms with E-state index in [4.69, 9.17) is 0 Å². The number of fused-ring (bicyclic) bond motifs is 1. The van der Waals surface area contributed by atoms with Crippen molar-refractivity contribution < 1.29 is 8.42 Å². The van der Waals surface area contributed by atoms with E-state index < -0.39 is 10.0 Å². The third-order valence-electron chi connectivity index (χ3n) is 3.59. The molecule has 0 fully saturated rings. The molecule has 2 heterocycles. The zero-order valence-electron chi connectivity index (χ0n) is 13.7. The first-order valence-corrected chi connectivity index (χ1v) is 9.82. The van der Waals surface area contributed by atoms with Crippen LogP contribution >= 0.6 is 11.3 Å². The van der Waals surface area contributed by atoms with Gasteiger partial charge in [-0.15, -0.1) is 10.2 Å². The van der Waals surface area contributed by atoms with Gasteiger partial charge in [0, 0.05) is 13.0 Å². The van der Waals surface area contributed by atoms with Crippen molar-refractivity contribution in [3.63, 3.8) is 0 Å². The minimum atomic E-state index is -3.52. The molecule has 0 bridgehead atoms. The number of hydrogen-bond acceptors (Lipinski definition) is 6. The van der Waals surface area contributed by atoms with Crippen molar-refractivity contribution >= 4 is 26.3 Å². The number of hydrogen-bond donors (Lipinski definition) is 1. The van der Waals surface area contributed by atoms with Gasteiger partial charge in [-0.1, -0.05) is 44.2 Å². The first-order chi connectivity index (χ1) is 11.3. The number of nitrogens with one attached hydrogen (secondary N) is 1. The molecule has 0 aliphatic rings. The quantitative estimate of drug-likeness (QED) is 0.747. The number of nitrogens with zero attached hydrogens (tertiary/aromatic N) is 4. The van der Waals surface area contributed by atoms with Gasteiger partial charge in [-0.2, -0.15) is 9.61 Å². The maximum absolute atomic E-state index is 12.3. The lowest BCUT2D eigenvalue weighted by Gasteiger charge is -2.19. The fraction of sp³-hybridized carbons (Fsp3) is 0.400. The van der Waals surface area contributed by atoms with Gasteiger partial charge in [0.05, 0.1) is 4.90 Å². The van der Waals surface area contributed by atoms with Crippen LogP contribution in [0.25, 0.3) is 4.96 Å². The van der Waals surface area contributed by atoms with Crippen LogP contribution in [-0.2, 0) is 21.9 Å². The molecule has 0 atom stereocenters. The molecule has 1 N–H and O–H groups in total. The van der Waals surface area contributed by atoms with E-state index in [1.54, 1.807) is 16.6 Å². The third kappa shape index (κ3) is 3.63. The van der Waals surface area contributed by atoms with Crippen LogP contribution < -0.4 is 4.72 Å². The van der Waals surface area contributed by atoms with Gasteiger partial charge in [0.15, 0.2) is 0 Å². The second kappa shape index (κ2) is 6.23. The smallest absolute Gasteiger partial charge is 0.211 e. The van der Waals surface area contributed by atoms with Crippen LogP contribution in [0, 0.1) is 0 Å². The highest BCUT2D eigenvalue weighted by atomic mass is 32.2. The molecule has 0 amide bonds. The van der Waals surface area contributed by atoms with Crippen LogP contribution in [0.3, 0.4) is 0 Å². The molecular formula is C15H19N5O2S2. The molecule has 2 aromatic heterocycles. The van der Waals surface area contributed by atoms with Crippen molar-refractivity contribution in [3.05, 3.63) is 41.2 Å². The van der Waals surface area contributed by atoms with Crippen molar-refractivity contribution in [1.82, 2.24) is 24.5 Å². The van der Waals surface area contributed by atoms with Crippen LogP contribution in [-0.4, -0.2) is 34.8 Å². The van der Waals surface area contributed by atoms with Crippen LogP contribution in [0.5, 0.6) is 0 Å². The molecule has 0 unspecified atom stereocenters. The Balaban J connectivity index is 1.64. The highest BCUT2D eigenvalue weighted by Gasteiger charge is 2.17. The van der Waals surface area contributed by atoms with E-state index in [-0.39, 0.29) is 16.9 Å². The van der Waals surface area contributed by atoms with Gasteiger partial charge in [0.2, 0.25) is 15.0 Å². The Bertz CT molecular complexity index is 908. The summed E-state index contributed by atoms with van der Waals surface area (Å²) in [5, 5.41) is 12.7. The van der Waals surface area contributed by atoms with Crippen molar-refractivity contribution in [2.75, 3.05) is 6.54 Å². The predicted octanol–water partition coefficient (Wildman–Crippen LogP) is 2.00. The summed E-state index contributed by atoms with van der Waals surface area (Å²) in [4.78, 5) is 0.972. The van der Waals surface area contributed by atoms with E-state index in [9.17, 15) is 8.42 Å². The normalized spacial score (nSPS) is 12.8. The number of aromatic nitrogens is 4. The monoisotopic (exact) mass is 365 g/mol. The molecule has 3 rings (SSSR count). The topological polar surface area (TPSA) is 89.2 Å². The molecule has 1 aromatic carbocycles. The summed E-state index contributed by atoms with van der Waals surface area (Å²) in [7, 11) is -3.52. The Morgan fingerprint density at radius 3 is 2.54 bits per heavy atom. The third-order valence-corrected chi connectivity index (χ3v) is 6.04. The van der Waals surface area contributed by atoms with Gasteiger partial charge >= 0.3 is 0 Å². The summed E-state index contributed by atoms with van der Waals surface area (Å²) in [6.45, 7) is 6.56. The number of sulfonamides is 1. The average Bonchev–Trinajstić information content (AvgIpc) is 3.07. The van der Waals surface area contributed by atoms with Gasteiger partial charge in [0.1, 0.15) is 11.3 Å². The fourth-order valence-electron chi connectivity index (χ4n) is 2.21. The molecule has 0 aliphatic heterocycles. The summed E-state index contributed by atoms with van der Waals surface area (Å²) >= 11 is 1.40. The highest BCUT2D eigenvalue weighted by Crippen LogP contribution is 2.23. The Morgan fingerprint density at radius 2 is 1.92 bits per heavy atom. The molecule has 3 aromatic rings. The minimum Gasteiger partial charge on any atom is -0.211 e. The van der Waals surface area contributed by atoms with E-state index in [1.807, 2.05) is 12.1 Å². The van der Waals surface area contributed by atoms with Crippen molar-refractivity contribution in [1.29, 1.82) is 0 Å². The van der Waals surface area contributed by atoms with Gasteiger partial charge in [-0.05, 0) is 23.1 Å². The number of rotatable bonds is 5. The minimum absolute atomic E-state index is 0.00696.